The summed E-state index contributed by atoms with van der Waals surface area (Å²) in [6, 6.07) is 2.43. The molecule has 104 valence electrons. The number of aryl methyl sites for hydroxylation is 1. The molecule has 1 heterocycles. The first-order chi connectivity index (χ1) is 9.08. The van der Waals surface area contributed by atoms with Crippen molar-refractivity contribution in [2.45, 2.75) is 32.3 Å². The van der Waals surface area contributed by atoms with Crippen molar-refractivity contribution in [1.82, 2.24) is 0 Å². The number of nitrogens with zero attached hydrogens (tertiary/aromatic N) is 1. The van der Waals surface area contributed by atoms with Gasteiger partial charge in [0.1, 0.15) is 11.5 Å². The van der Waals surface area contributed by atoms with Gasteiger partial charge in [-0.1, -0.05) is 0 Å². The van der Waals surface area contributed by atoms with E-state index in [4.69, 9.17) is 4.74 Å². The Morgan fingerprint density at radius 3 is 2.95 bits per heavy atom. The Morgan fingerprint density at radius 1 is 1.53 bits per heavy atom. The highest BCUT2D eigenvalue weighted by Crippen LogP contribution is 2.28. The smallest absolute Gasteiger partial charge is 0.295 e. The van der Waals surface area contributed by atoms with Crippen LogP contribution in [0.15, 0.2) is 12.1 Å². The van der Waals surface area contributed by atoms with Gasteiger partial charge in [0, 0.05) is 13.2 Å². The van der Waals surface area contributed by atoms with Gasteiger partial charge in [0.05, 0.1) is 17.1 Å². The third-order valence-corrected chi connectivity index (χ3v) is 3.27. The summed E-state index contributed by atoms with van der Waals surface area (Å²) >= 11 is 0. The number of halogens is 1. The lowest BCUT2D eigenvalue weighted by Crippen LogP contribution is -2.27. The lowest BCUT2D eigenvalue weighted by Gasteiger charge is -2.23. The highest BCUT2D eigenvalue weighted by atomic mass is 19.1. The van der Waals surface area contributed by atoms with Gasteiger partial charge >= 0.3 is 0 Å². The maximum Gasteiger partial charge on any atom is 0.295 e. The Bertz CT molecular complexity index is 473. The summed E-state index contributed by atoms with van der Waals surface area (Å²) in [6.07, 6.45) is 3.18. The van der Waals surface area contributed by atoms with Gasteiger partial charge in [-0.25, -0.2) is 4.39 Å². The van der Waals surface area contributed by atoms with E-state index in [1.165, 1.54) is 6.07 Å². The quantitative estimate of drug-likeness (QED) is 0.673. The molecule has 1 unspecified atom stereocenters. The second-order valence-corrected chi connectivity index (χ2v) is 4.75. The van der Waals surface area contributed by atoms with Gasteiger partial charge in [0.15, 0.2) is 0 Å². The van der Waals surface area contributed by atoms with Crippen LogP contribution >= 0.6 is 0 Å². The van der Waals surface area contributed by atoms with E-state index in [0.717, 1.165) is 31.9 Å². The number of hydrogen-bond acceptors (Lipinski definition) is 4. The molecule has 5 nitrogen and oxygen atoms in total. The van der Waals surface area contributed by atoms with Crippen molar-refractivity contribution in [3.8, 4) is 0 Å². The molecule has 6 heteroatoms. The van der Waals surface area contributed by atoms with Crippen LogP contribution in [-0.4, -0.2) is 24.2 Å². The molecule has 1 N–H and O–H groups in total. The Hall–Kier alpha value is -1.69. The molecule has 1 atom stereocenters. The summed E-state index contributed by atoms with van der Waals surface area (Å²) in [4.78, 5) is 10.3. The molecule has 1 aromatic carbocycles. The minimum absolute atomic E-state index is 0.0683. The van der Waals surface area contributed by atoms with E-state index < -0.39 is 10.7 Å². The summed E-state index contributed by atoms with van der Waals surface area (Å²) in [5.74, 6) is -0.564. The predicted octanol–water partition coefficient (Wildman–Crippen LogP) is 3.02. The lowest BCUT2D eigenvalue weighted by molar-refractivity contribution is -0.384. The standard InChI is InChI=1S/C13H17FN2O3/c1-9-6-12(13(16(17)18)7-11(9)14)15-8-10-4-2-3-5-19-10/h6-7,10,15H,2-5,8H2,1H3. The highest BCUT2D eigenvalue weighted by molar-refractivity contribution is 5.63. The van der Waals surface area contributed by atoms with Crippen molar-refractivity contribution in [3.05, 3.63) is 33.6 Å². The number of hydrogen-bond donors (Lipinski definition) is 1. The van der Waals surface area contributed by atoms with E-state index in [1.807, 2.05) is 0 Å². The molecule has 1 aliphatic rings. The first-order valence-electron chi connectivity index (χ1n) is 6.38. The van der Waals surface area contributed by atoms with Crippen LogP contribution in [0.3, 0.4) is 0 Å². The predicted molar refractivity (Wildman–Crippen MR) is 69.9 cm³/mol. The van der Waals surface area contributed by atoms with Gasteiger partial charge in [0.2, 0.25) is 0 Å². The van der Waals surface area contributed by atoms with E-state index in [1.54, 1.807) is 6.92 Å². The number of anilines is 1. The van der Waals surface area contributed by atoms with Gasteiger partial charge in [-0.2, -0.15) is 0 Å². The van der Waals surface area contributed by atoms with E-state index >= 15 is 0 Å². The van der Waals surface area contributed by atoms with E-state index in [2.05, 4.69) is 5.32 Å². The minimum Gasteiger partial charge on any atom is -0.377 e. The molecule has 0 saturated carbocycles. The van der Waals surface area contributed by atoms with Gasteiger partial charge in [-0.3, -0.25) is 10.1 Å². The summed E-state index contributed by atoms with van der Waals surface area (Å²) in [6.45, 7) is 2.82. The lowest BCUT2D eigenvalue weighted by atomic mass is 10.1. The fourth-order valence-electron chi connectivity index (χ4n) is 2.16. The van der Waals surface area contributed by atoms with Crippen molar-refractivity contribution in [3.63, 3.8) is 0 Å². The van der Waals surface area contributed by atoms with E-state index in [0.29, 0.717) is 17.8 Å². The summed E-state index contributed by atoms with van der Waals surface area (Å²) in [7, 11) is 0. The Labute approximate surface area is 110 Å². The third kappa shape index (κ3) is 3.41. The van der Waals surface area contributed by atoms with Gasteiger partial charge in [-0.15, -0.1) is 0 Å². The zero-order chi connectivity index (χ0) is 13.8. The Kier molecular flexibility index (Phi) is 4.31. The highest BCUT2D eigenvalue weighted by Gasteiger charge is 2.19. The van der Waals surface area contributed by atoms with Crippen LogP contribution in [-0.2, 0) is 4.74 Å². The van der Waals surface area contributed by atoms with Gasteiger partial charge in [-0.05, 0) is 37.8 Å². The first-order valence-corrected chi connectivity index (χ1v) is 6.38. The third-order valence-electron chi connectivity index (χ3n) is 3.27. The van der Waals surface area contributed by atoms with Crippen molar-refractivity contribution in [2.75, 3.05) is 18.5 Å². The van der Waals surface area contributed by atoms with Gasteiger partial charge in [0.25, 0.3) is 5.69 Å². The number of rotatable bonds is 4. The van der Waals surface area contributed by atoms with Crippen molar-refractivity contribution >= 4 is 11.4 Å². The first kappa shape index (κ1) is 13.7. The monoisotopic (exact) mass is 268 g/mol. The molecule has 0 bridgehead atoms. The maximum atomic E-state index is 13.4. The van der Waals surface area contributed by atoms with Crippen LogP contribution in [0.4, 0.5) is 15.8 Å². The fourth-order valence-corrected chi connectivity index (χ4v) is 2.16. The summed E-state index contributed by atoms with van der Waals surface area (Å²) in [5.41, 5.74) is 0.495. The second-order valence-electron chi connectivity index (χ2n) is 4.75. The molecule has 0 amide bonds. The summed E-state index contributed by atoms with van der Waals surface area (Å²) < 4.78 is 18.9. The normalized spacial score (nSPS) is 19.2. The molecule has 2 rings (SSSR count). The van der Waals surface area contributed by atoms with Crippen molar-refractivity contribution in [1.29, 1.82) is 0 Å². The van der Waals surface area contributed by atoms with Crippen LogP contribution in [0.1, 0.15) is 24.8 Å². The average molecular weight is 268 g/mol. The van der Waals surface area contributed by atoms with Crippen LogP contribution in [0.2, 0.25) is 0 Å². The molecule has 1 aliphatic heterocycles. The number of benzene rings is 1. The van der Waals surface area contributed by atoms with Crippen LogP contribution in [0.5, 0.6) is 0 Å². The topological polar surface area (TPSA) is 64.4 Å². The Balaban J connectivity index is 2.09. The minimum atomic E-state index is -0.577. The number of nitro benzene ring substituents is 1. The van der Waals surface area contributed by atoms with Crippen molar-refractivity contribution in [2.24, 2.45) is 0 Å². The molecule has 1 fully saturated rings. The van der Waals surface area contributed by atoms with Crippen LogP contribution in [0, 0.1) is 22.9 Å². The SMILES string of the molecule is Cc1cc(NCC2CCCCO2)c([N+](=O)[O-])cc1F. The molecule has 0 aliphatic carbocycles. The molecular formula is C13H17FN2O3. The summed E-state index contributed by atoms with van der Waals surface area (Å²) in [5, 5.41) is 13.9. The largest absolute Gasteiger partial charge is 0.377 e. The molecule has 0 spiro atoms. The fraction of sp³-hybridized carbons (Fsp3) is 0.538. The molecule has 0 aromatic heterocycles. The molecular weight excluding hydrogens is 251 g/mol. The van der Waals surface area contributed by atoms with Gasteiger partial charge < -0.3 is 10.1 Å². The second kappa shape index (κ2) is 5.97. The van der Waals surface area contributed by atoms with E-state index in [9.17, 15) is 14.5 Å². The van der Waals surface area contributed by atoms with Crippen LogP contribution < -0.4 is 5.32 Å². The Morgan fingerprint density at radius 2 is 2.32 bits per heavy atom. The average Bonchev–Trinajstić information content (AvgIpc) is 2.40. The van der Waals surface area contributed by atoms with Crippen LogP contribution in [0.25, 0.3) is 0 Å². The van der Waals surface area contributed by atoms with E-state index in [-0.39, 0.29) is 11.8 Å². The zero-order valence-electron chi connectivity index (χ0n) is 10.8. The molecule has 0 radical (unpaired) electrons. The number of ether oxygens (including phenoxy) is 1. The number of nitrogens with one attached hydrogen (secondary N) is 1. The molecule has 1 saturated heterocycles. The molecule has 19 heavy (non-hydrogen) atoms. The maximum absolute atomic E-state index is 13.4. The molecule has 1 aromatic rings. The number of nitro groups is 1. The zero-order valence-corrected chi connectivity index (χ0v) is 10.8. The van der Waals surface area contributed by atoms with Crippen molar-refractivity contribution < 1.29 is 14.1 Å².